The van der Waals surface area contributed by atoms with Gasteiger partial charge in [0.2, 0.25) is 5.16 Å². The van der Waals surface area contributed by atoms with E-state index in [1.807, 2.05) is 73.8 Å². The quantitative estimate of drug-likeness (QED) is 0.173. The monoisotopic (exact) mass is 601 g/mol. The Labute approximate surface area is 255 Å². The lowest BCUT2D eigenvalue weighted by molar-refractivity contribution is -0.268. The van der Waals surface area contributed by atoms with Crippen molar-refractivity contribution in [2.45, 2.75) is 43.7 Å². The van der Waals surface area contributed by atoms with E-state index in [1.54, 1.807) is 16.4 Å². The van der Waals surface area contributed by atoms with Crippen LogP contribution in [0.4, 0.5) is 4.79 Å². The molecule has 1 fully saturated rings. The molecule has 1 amide bonds. The Kier molecular flexibility index (Phi) is 10.2. The first kappa shape index (κ1) is 30.4. The number of aliphatic hydroxyl groups is 1. The Hall–Kier alpha value is -4.03. The molecule has 2 heterocycles. The number of alkyl carbamates (subject to hydrolysis) is 1. The number of thioether (sulfide) groups is 1. The van der Waals surface area contributed by atoms with Crippen LogP contribution in [0.15, 0.2) is 90.6 Å². The van der Waals surface area contributed by atoms with Crippen molar-refractivity contribution in [3.05, 3.63) is 108 Å². The van der Waals surface area contributed by atoms with Gasteiger partial charge in [0.1, 0.15) is 6.61 Å². The van der Waals surface area contributed by atoms with Crippen LogP contribution in [0, 0.1) is 5.92 Å². The van der Waals surface area contributed by atoms with Crippen LogP contribution in [0.2, 0.25) is 0 Å². The van der Waals surface area contributed by atoms with E-state index in [1.165, 1.54) is 6.08 Å². The fourth-order valence-corrected chi connectivity index (χ4v) is 5.91. The van der Waals surface area contributed by atoms with Gasteiger partial charge in [-0.1, -0.05) is 92.0 Å². The topological polar surface area (TPSA) is 121 Å². The van der Waals surface area contributed by atoms with Crippen molar-refractivity contribution >= 4 is 17.9 Å². The summed E-state index contributed by atoms with van der Waals surface area (Å²) < 4.78 is 19.9. The molecule has 10 nitrogen and oxygen atoms in total. The summed E-state index contributed by atoms with van der Waals surface area (Å²) in [5.41, 5.74) is 5.71. The van der Waals surface area contributed by atoms with Gasteiger partial charge >= 0.3 is 6.09 Å². The number of carbonyl (C=O) groups excluding carboxylic acids is 1. The highest BCUT2D eigenvalue weighted by Crippen LogP contribution is 2.43. The Bertz CT molecular complexity index is 1530. The molecule has 1 aliphatic heterocycles. The number of benzene rings is 3. The maximum atomic E-state index is 11.9. The summed E-state index contributed by atoms with van der Waals surface area (Å²) in [5.74, 6) is 0.681. The van der Waals surface area contributed by atoms with E-state index in [9.17, 15) is 9.90 Å². The fourth-order valence-electron chi connectivity index (χ4n) is 4.90. The summed E-state index contributed by atoms with van der Waals surface area (Å²) in [6.07, 6.45) is 0.0536. The standard InChI is InChI=1S/C32H35N5O5S/c1-4-15-40-32(39)33-18-23-7-5-8-25(16-23)26-9-6-10-27(17-26)30-41-28(20-43-31-34-35-36-37(31)3)21(2)29(42-30)24-13-11-22(19-38)12-14-24/h4-14,16-17,21,28-30,38H,1,15,18-20H2,2-3H3,(H,33,39). The maximum Gasteiger partial charge on any atom is 0.407 e. The van der Waals surface area contributed by atoms with Gasteiger partial charge in [-0.25, -0.2) is 9.48 Å². The summed E-state index contributed by atoms with van der Waals surface area (Å²) in [6.45, 7) is 6.17. The van der Waals surface area contributed by atoms with Gasteiger partial charge in [0.15, 0.2) is 6.29 Å². The molecule has 224 valence electrons. The molecule has 3 aromatic carbocycles. The number of hydrogen-bond acceptors (Lipinski definition) is 9. The van der Waals surface area contributed by atoms with Crippen molar-refractivity contribution in [2.75, 3.05) is 12.4 Å². The van der Waals surface area contributed by atoms with Crippen LogP contribution in [-0.4, -0.2) is 49.9 Å². The highest BCUT2D eigenvalue weighted by Gasteiger charge is 2.38. The largest absolute Gasteiger partial charge is 0.445 e. The number of aromatic nitrogens is 4. The molecule has 43 heavy (non-hydrogen) atoms. The molecule has 0 radical (unpaired) electrons. The van der Waals surface area contributed by atoms with Gasteiger partial charge in [-0.15, -0.1) is 5.10 Å². The first-order valence-electron chi connectivity index (χ1n) is 14.0. The van der Waals surface area contributed by atoms with Crippen molar-refractivity contribution in [1.82, 2.24) is 25.5 Å². The van der Waals surface area contributed by atoms with Gasteiger partial charge in [0, 0.05) is 30.8 Å². The van der Waals surface area contributed by atoms with E-state index in [0.29, 0.717) is 17.5 Å². The zero-order valence-corrected chi connectivity index (χ0v) is 24.9. The molecule has 1 saturated heterocycles. The molecule has 2 N–H and O–H groups in total. The summed E-state index contributed by atoms with van der Waals surface area (Å²) in [7, 11) is 1.82. The second-order valence-corrected chi connectivity index (χ2v) is 11.3. The van der Waals surface area contributed by atoms with Crippen LogP contribution in [0.25, 0.3) is 11.1 Å². The number of nitrogens with zero attached hydrogens (tertiary/aromatic N) is 4. The lowest BCUT2D eigenvalue weighted by atomic mass is 9.91. The summed E-state index contributed by atoms with van der Waals surface area (Å²) >= 11 is 1.55. The lowest BCUT2D eigenvalue weighted by Crippen LogP contribution is -2.38. The number of hydrogen-bond donors (Lipinski definition) is 2. The molecular weight excluding hydrogens is 566 g/mol. The molecule has 11 heteroatoms. The van der Waals surface area contributed by atoms with E-state index < -0.39 is 12.4 Å². The first-order chi connectivity index (χ1) is 20.9. The van der Waals surface area contributed by atoms with Crippen molar-refractivity contribution in [2.24, 2.45) is 13.0 Å². The third-order valence-electron chi connectivity index (χ3n) is 7.27. The van der Waals surface area contributed by atoms with Crippen molar-refractivity contribution < 1.29 is 24.1 Å². The van der Waals surface area contributed by atoms with Crippen LogP contribution in [0.1, 0.15) is 41.6 Å². The van der Waals surface area contributed by atoms with Gasteiger partial charge in [0.25, 0.3) is 0 Å². The molecule has 0 spiro atoms. The predicted octanol–water partition coefficient (Wildman–Crippen LogP) is 5.37. The maximum absolute atomic E-state index is 11.9. The van der Waals surface area contributed by atoms with E-state index in [-0.39, 0.29) is 31.3 Å². The number of aliphatic hydroxyl groups excluding tert-OH is 1. The van der Waals surface area contributed by atoms with Crippen molar-refractivity contribution in [3.8, 4) is 11.1 Å². The van der Waals surface area contributed by atoms with E-state index in [0.717, 1.165) is 33.4 Å². The minimum atomic E-state index is -0.605. The predicted molar refractivity (Wildman–Crippen MR) is 163 cm³/mol. The van der Waals surface area contributed by atoms with Gasteiger partial charge in [-0.2, -0.15) is 0 Å². The highest BCUT2D eigenvalue weighted by atomic mass is 32.2. The van der Waals surface area contributed by atoms with Crippen LogP contribution in [-0.2, 0) is 34.4 Å². The lowest BCUT2D eigenvalue weighted by Gasteiger charge is -2.41. The first-order valence-corrected chi connectivity index (χ1v) is 15.0. The smallest absolute Gasteiger partial charge is 0.407 e. The van der Waals surface area contributed by atoms with Crippen molar-refractivity contribution in [3.63, 3.8) is 0 Å². The second-order valence-electron chi connectivity index (χ2n) is 10.3. The van der Waals surface area contributed by atoms with Crippen molar-refractivity contribution in [1.29, 1.82) is 0 Å². The molecule has 0 bridgehead atoms. The Morgan fingerprint density at radius 1 is 1.07 bits per heavy atom. The minimum Gasteiger partial charge on any atom is -0.445 e. The highest BCUT2D eigenvalue weighted by molar-refractivity contribution is 7.99. The Morgan fingerprint density at radius 2 is 1.84 bits per heavy atom. The summed E-state index contributed by atoms with van der Waals surface area (Å²) in [6, 6.07) is 24.0. The number of tetrazole rings is 1. The number of nitrogens with one attached hydrogen (secondary N) is 1. The van der Waals surface area contributed by atoms with Crippen LogP contribution in [0.5, 0.6) is 0 Å². The van der Waals surface area contributed by atoms with Gasteiger partial charge < -0.3 is 24.6 Å². The van der Waals surface area contributed by atoms with Crippen LogP contribution < -0.4 is 5.32 Å². The normalized spacial score (nSPS) is 20.0. The van der Waals surface area contributed by atoms with Gasteiger partial charge in [0.05, 0.1) is 18.8 Å². The average Bonchev–Trinajstić information content (AvgIpc) is 3.46. The summed E-state index contributed by atoms with van der Waals surface area (Å²) in [4.78, 5) is 11.9. The average molecular weight is 602 g/mol. The molecule has 0 saturated carbocycles. The Morgan fingerprint density at radius 3 is 2.56 bits per heavy atom. The SMILES string of the molecule is C=CCOC(=O)NCc1cccc(-c2cccc(C3OC(CSc4nnnn4C)C(C)C(c4ccc(CO)cc4)O3)c2)c1. The third-order valence-corrected chi connectivity index (χ3v) is 8.37. The zero-order chi connectivity index (χ0) is 30.2. The van der Waals surface area contributed by atoms with Crippen LogP contribution in [0.3, 0.4) is 0 Å². The minimum absolute atomic E-state index is 0.0124. The number of amides is 1. The number of carbonyl (C=O) groups is 1. The molecule has 4 unspecified atom stereocenters. The Balaban J connectivity index is 1.37. The third kappa shape index (κ3) is 7.68. The zero-order valence-electron chi connectivity index (χ0n) is 24.1. The second kappa shape index (κ2) is 14.4. The molecule has 1 aliphatic rings. The number of aryl methyl sites for hydroxylation is 1. The molecule has 0 aliphatic carbocycles. The van der Waals surface area contributed by atoms with Gasteiger partial charge in [-0.05, 0) is 50.4 Å². The molecule has 4 atom stereocenters. The van der Waals surface area contributed by atoms with E-state index >= 15 is 0 Å². The number of ether oxygens (including phenoxy) is 3. The van der Waals surface area contributed by atoms with E-state index in [2.05, 4.69) is 40.4 Å². The molecule has 1 aromatic heterocycles. The van der Waals surface area contributed by atoms with E-state index in [4.69, 9.17) is 14.2 Å². The molecule has 5 rings (SSSR count). The number of rotatable bonds is 11. The molecule has 4 aromatic rings. The fraction of sp³-hybridized carbons (Fsp3) is 0.312. The van der Waals surface area contributed by atoms with Gasteiger partial charge in [-0.3, -0.25) is 0 Å². The van der Waals surface area contributed by atoms with Crippen LogP contribution >= 0.6 is 11.8 Å². The molecular formula is C32H35N5O5S. The summed E-state index contributed by atoms with van der Waals surface area (Å²) in [5, 5.41) is 24.8.